The average Bonchev–Trinajstić information content (AvgIpc) is 2.29. The lowest BCUT2D eigenvalue weighted by molar-refractivity contribution is 0.159. The van der Waals surface area contributed by atoms with Crippen molar-refractivity contribution in [2.75, 3.05) is 0 Å². The van der Waals surface area contributed by atoms with E-state index in [0.29, 0.717) is 0 Å². The van der Waals surface area contributed by atoms with Crippen LogP contribution in [0.25, 0.3) is 0 Å². The topological polar surface area (TPSA) is 40.5 Å². The Morgan fingerprint density at radius 2 is 1.38 bits per heavy atom. The van der Waals surface area contributed by atoms with Crippen molar-refractivity contribution in [2.24, 2.45) is 0 Å². The summed E-state index contributed by atoms with van der Waals surface area (Å²) in [6.07, 6.45) is 1.61. The summed E-state index contributed by atoms with van der Waals surface area (Å²) in [5, 5.41) is 19.5. The second kappa shape index (κ2) is 3.48. The van der Waals surface area contributed by atoms with Crippen molar-refractivity contribution in [1.82, 2.24) is 0 Å². The minimum absolute atomic E-state index is 0.395. The summed E-state index contributed by atoms with van der Waals surface area (Å²) in [7, 11) is 0. The quantitative estimate of drug-likeness (QED) is 0.596. The highest BCUT2D eigenvalue weighted by Crippen LogP contribution is 2.33. The zero-order valence-corrected chi connectivity index (χ0v) is 7.48. The first-order chi connectivity index (χ1) is 6.29. The zero-order chi connectivity index (χ0) is 9.26. The molecule has 0 saturated carbocycles. The Kier molecular flexibility index (Phi) is 2.34. The van der Waals surface area contributed by atoms with E-state index in [1.165, 1.54) is 0 Å². The molecule has 0 spiro atoms. The van der Waals surface area contributed by atoms with Crippen LogP contribution in [0.5, 0.6) is 0 Å². The molecule has 1 aliphatic rings. The van der Waals surface area contributed by atoms with Crippen LogP contribution >= 0.6 is 0 Å². The van der Waals surface area contributed by atoms with Crippen molar-refractivity contribution in [3.8, 4) is 0 Å². The van der Waals surface area contributed by atoms with Crippen LogP contribution < -0.4 is 0 Å². The van der Waals surface area contributed by atoms with Gasteiger partial charge in [0.2, 0.25) is 0 Å². The van der Waals surface area contributed by atoms with Gasteiger partial charge in [0, 0.05) is 0 Å². The molecule has 0 unspecified atom stereocenters. The smallest absolute Gasteiger partial charge is 0.0793 e. The highest BCUT2D eigenvalue weighted by molar-refractivity contribution is 5.31. The molecule has 2 heteroatoms. The van der Waals surface area contributed by atoms with Crippen molar-refractivity contribution in [1.29, 1.82) is 0 Å². The van der Waals surface area contributed by atoms with Gasteiger partial charge in [0.1, 0.15) is 0 Å². The Balaban J connectivity index is 2.45. The van der Waals surface area contributed by atoms with Crippen molar-refractivity contribution >= 4 is 0 Å². The molecular formula is C11H14O2. The van der Waals surface area contributed by atoms with Gasteiger partial charge in [-0.1, -0.05) is 24.3 Å². The Hall–Kier alpha value is -0.860. The first-order valence-electron chi connectivity index (χ1n) is 4.74. The van der Waals surface area contributed by atoms with E-state index in [9.17, 15) is 10.2 Å². The normalized spacial score (nSPS) is 27.8. The molecule has 13 heavy (non-hydrogen) atoms. The number of rotatable bonds is 0. The minimum atomic E-state index is -0.395. The van der Waals surface area contributed by atoms with Gasteiger partial charge < -0.3 is 10.2 Å². The van der Waals surface area contributed by atoms with E-state index in [1.54, 1.807) is 0 Å². The van der Waals surface area contributed by atoms with Crippen LogP contribution in [0.15, 0.2) is 24.3 Å². The monoisotopic (exact) mass is 178 g/mol. The van der Waals surface area contributed by atoms with Crippen LogP contribution in [-0.2, 0) is 0 Å². The summed E-state index contributed by atoms with van der Waals surface area (Å²) in [6.45, 7) is 0. The van der Waals surface area contributed by atoms with Crippen LogP contribution in [0.1, 0.15) is 42.6 Å². The van der Waals surface area contributed by atoms with Crippen molar-refractivity contribution in [3.63, 3.8) is 0 Å². The molecule has 2 nitrogen and oxygen atoms in total. The first-order valence-corrected chi connectivity index (χ1v) is 4.74. The van der Waals surface area contributed by atoms with Gasteiger partial charge >= 0.3 is 0 Å². The number of hydrogen-bond donors (Lipinski definition) is 2. The maximum Gasteiger partial charge on any atom is 0.0793 e. The Bertz CT molecular complexity index is 267. The molecule has 0 fully saturated rings. The average molecular weight is 178 g/mol. The lowest BCUT2D eigenvalue weighted by atomic mass is 10.00. The van der Waals surface area contributed by atoms with Gasteiger partial charge in [-0.2, -0.15) is 0 Å². The van der Waals surface area contributed by atoms with Crippen molar-refractivity contribution < 1.29 is 10.2 Å². The molecule has 0 bridgehead atoms. The maximum absolute atomic E-state index is 9.75. The summed E-state index contributed by atoms with van der Waals surface area (Å²) in [5.74, 6) is 0. The summed E-state index contributed by atoms with van der Waals surface area (Å²) < 4.78 is 0. The fourth-order valence-corrected chi connectivity index (χ4v) is 1.93. The molecule has 2 rings (SSSR count). The third kappa shape index (κ3) is 1.60. The number of benzene rings is 1. The van der Waals surface area contributed by atoms with E-state index in [1.807, 2.05) is 24.3 Å². The fraction of sp³-hybridized carbons (Fsp3) is 0.455. The van der Waals surface area contributed by atoms with Gasteiger partial charge in [-0.05, 0) is 30.4 Å². The SMILES string of the molecule is O[C@@H]1CCC[C@@H](O)c2ccccc21. The van der Waals surface area contributed by atoms with Gasteiger partial charge in [-0.15, -0.1) is 0 Å². The van der Waals surface area contributed by atoms with Crippen LogP contribution in [0.4, 0.5) is 0 Å². The minimum Gasteiger partial charge on any atom is -0.388 e. The number of fused-ring (bicyclic) bond motifs is 1. The predicted octanol–water partition coefficient (Wildman–Crippen LogP) is 1.94. The fourth-order valence-electron chi connectivity index (χ4n) is 1.93. The molecule has 1 aromatic rings. The summed E-state index contributed by atoms with van der Waals surface area (Å²) >= 11 is 0. The van der Waals surface area contributed by atoms with E-state index < -0.39 is 12.2 Å². The molecule has 0 aliphatic heterocycles. The van der Waals surface area contributed by atoms with Crippen molar-refractivity contribution in [3.05, 3.63) is 35.4 Å². The Morgan fingerprint density at radius 1 is 0.923 bits per heavy atom. The van der Waals surface area contributed by atoms with E-state index >= 15 is 0 Å². The Morgan fingerprint density at radius 3 is 1.85 bits per heavy atom. The number of hydrogen-bond acceptors (Lipinski definition) is 2. The number of aliphatic hydroxyl groups is 2. The van der Waals surface area contributed by atoms with Crippen LogP contribution in [-0.4, -0.2) is 10.2 Å². The summed E-state index contributed by atoms with van der Waals surface area (Å²) in [4.78, 5) is 0. The molecule has 0 saturated heterocycles. The molecule has 0 aromatic heterocycles. The lowest BCUT2D eigenvalue weighted by Crippen LogP contribution is -2.01. The highest BCUT2D eigenvalue weighted by atomic mass is 16.3. The van der Waals surface area contributed by atoms with Crippen LogP contribution in [0, 0.1) is 0 Å². The largest absolute Gasteiger partial charge is 0.388 e. The van der Waals surface area contributed by atoms with Crippen LogP contribution in [0.2, 0.25) is 0 Å². The van der Waals surface area contributed by atoms with Crippen molar-refractivity contribution in [2.45, 2.75) is 31.5 Å². The second-order valence-electron chi connectivity index (χ2n) is 3.59. The molecule has 70 valence electrons. The maximum atomic E-state index is 9.75. The molecule has 0 heterocycles. The van der Waals surface area contributed by atoms with Gasteiger partial charge in [-0.3, -0.25) is 0 Å². The van der Waals surface area contributed by atoms with Gasteiger partial charge in [0.25, 0.3) is 0 Å². The van der Waals surface area contributed by atoms with Crippen LogP contribution in [0.3, 0.4) is 0 Å². The third-order valence-corrected chi connectivity index (χ3v) is 2.67. The van der Waals surface area contributed by atoms with Gasteiger partial charge in [0.05, 0.1) is 12.2 Å². The molecule has 0 amide bonds. The molecule has 2 N–H and O–H groups in total. The first kappa shape index (κ1) is 8.73. The summed E-state index contributed by atoms with van der Waals surface area (Å²) in [6, 6.07) is 7.60. The zero-order valence-electron chi connectivity index (χ0n) is 7.48. The standard InChI is InChI=1S/C11H14O2/c12-10-6-3-7-11(13)9-5-2-1-4-8(9)10/h1-2,4-5,10-13H,3,6-7H2/t10-,11-/m1/s1. The molecular weight excluding hydrogens is 164 g/mol. The van der Waals surface area contributed by atoms with E-state index in [4.69, 9.17) is 0 Å². The van der Waals surface area contributed by atoms with E-state index in [-0.39, 0.29) is 0 Å². The molecule has 0 radical (unpaired) electrons. The highest BCUT2D eigenvalue weighted by Gasteiger charge is 2.20. The third-order valence-electron chi connectivity index (χ3n) is 2.67. The van der Waals surface area contributed by atoms with E-state index in [2.05, 4.69) is 0 Å². The lowest BCUT2D eigenvalue weighted by Gasteiger charge is -2.13. The van der Waals surface area contributed by atoms with E-state index in [0.717, 1.165) is 30.4 Å². The molecule has 2 atom stereocenters. The second-order valence-corrected chi connectivity index (χ2v) is 3.59. The molecule has 1 aliphatic carbocycles. The Labute approximate surface area is 77.8 Å². The summed E-state index contributed by atoms with van der Waals surface area (Å²) in [5.41, 5.74) is 1.79. The predicted molar refractivity (Wildman–Crippen MR) is 50.2 cm³/mol. The molecule has 1 aromatic carbocycles. The number of aliphatic hydroxyl groups excluding tert-OH is 2. The van der Waals surface area contributed by atoms with Gasteiger partial charge in [0.15, 0.2) is 0 Å². The van der Waals surface area contributed by atoms with Gasteiger partial charge in [-0.25, -0.2) is 0 Å².